The summed E-state index contributed by atoms with van der Waals surface area (Å²) in [6.07, 6.45) is -2.66. The molecule has 0 saturated carbocycles. The molecule has 0 rings (SSSR count). The van der Waals surface area contributed by atoms with Gasteiger partial charge in [-0.15, -0.1) is 0 Å². The second-order valence-corrected chi connectivity index (χ2v) is 2.64. The lowest BCUT2D eigenvalue weighted by atomic mass is 10.2. The van der Waals surface area contributed by atoms with Crippen molar-refractivity contribution in [1.82, 2.24) is 0 Å². The van der Waals surface area contributed by atoms with Gasteiger partial charge in [0.25, 0.3) is 0 Å². The van der Waals surface area contributed by atoms with E-state index in [1.807, 2.05) is 0 Å². The van der Waals surface area contributed by atoms with E-state index in [2.05, 4.69) is 0 Å². The maximum Gasteiger partial charge on any atom is 0.105 e. The predicted octanol–water partition coefficient (Wildman–Crippen LogP) is -1.90. The predicted molar refractivity (Wildman–Crippen MR) is 41.6 cm³/mol. The monoisotopic (exact) mass is 180 g/mol. The molecular formula is C7H16O5. The molecule has 0 aliphatic heterocycles. The number of hydrogen-bond donors (Lipinski definition) is 4. The third kappa shape index (κ3) is 4.63. The molecule has 0 aliphatic carbocycles. The minimum Gasteiger partial charge on any atom is -0.394 e. The van der Waals surface area contributed by atoms with Crippen molar-refractivity contribution in [2.24, 2.45) is 0 Å². The molecule has 0 bridgehead atoms. The second kappa shape index (κ2) is 6.33. The Hall–Kier alpha value is -0.200. The van der Waals surface area contributed by atoms with Gasteiger partial charge >= 0.3 is 0 Å². The van der Waals surface area contributed by atoms with Crippen LogP contribution in [-0.4, -0.2) is 58.6 Å². The van der Waals surface area contributed by atoms with Crippen LogP contribution < -0.4 is 0 Å². The van der Waals surface area contributed by atoms with E-state index in [1.165, 1.54) is 0 Å². The molecule has 0 saturated heterocycles. The summed E-state index contributed by atoms with van der Waals surface area (Å²) in [5.74, 6) is 0. The maximum atomic E-state index is 9.05. The Labute approximate surface area is 71.2 Å². The zero-order valence-electron chi connectivity index (χ0n) is 7.05. The summed E-state index contributed by atoms with van der Waals surface area (Å²) >= 11 is 0. The van der Waals surface area contributed by atoms with Crippen LogP contribution in [0.1, 0.15) is 6.92 Å². The van der Waals surface area contributed by atoms with Crippen LogP contribution in [0.5, 0.6) is 0 Å². The van der Waals surface area contributed by atoms with Crippen LogP contribution in [0.25, 0.3) is 0 Å². The molecule has 0 aromatic heterocycles. The Bertz CT molecular complexity index is 108. The van der Waals surface area contributed by atoms with Gasteiger partial charge in [0.15, 0.2) is 0 Å². The van der Waals surface area contributed by atoms with Crippen LogP contribution in [0.3, 0.4) is 0 Å². The third-order valence-electron chi connectivity index (χ3n) is 1.44. The summed E-state index contributed by atoms with van der Waals surface area (Å²) in [6.45, 7) is 0.904. The molecule has 12 heavy (non-hydrogen) atoms. The van der Waals surface area contributed by atoms with Gasteiger partial charge in [-0.2, -0.15) is 0 Å². The molecule has 0 aliphatic rings. The van der Waals surface area contributed by atoms with Gasteiger partial charge in [0.1, 0.15) is 12.2 Å². The smallest absolute Gasteiger partial charge is 0.105 e. The lowest BCUT2D eigenvalue weighted by Crippen LogP contribution is -2.34. The fraction of sp³-hybridized carbons (Fsp3) is 1.00. The number of ether oxygens (including phenoxy) is 1. The highest BCUT2D eigenvalue weighted by atomic mass is 16.5. The first-order chi connectivity index (χ1) is 5.61. The normalized spacial score (nSPS) is 18.8. The van der Waals surface area contributed by atoms with Crippen LogP contribution in [0.15, 0.2) is 0 Å². The Kier molecular flexibility index (Phi) is 6.23. The first-order valence-corrected chi connectivity index (χ1v) is 3.81. The summed E-state index contributed by atoms with van der Waals surface area (Å²) in [5.41, 5.74) is 0. The lowest BCUT2D eigenvalue weighted by Gasteiger charge is -2.17. The molecule has 0 amide bonds. The van der Waals surface area contributed by atoms with E-state index in [0.717, 1.165) is 0 Å². The molecule has 0 aromatic carbocycles. The van der Waals surface area contributed by atoms with Gasteiger partial charge in [-0.1, -0.05) is 0 Å². The maximum absolute atomic E-state index is 9.05. The molecule has 74 valence electrons. The van der Waals surface area contributed by atoms with Crippen LogP contribution in [0.2, 0.25) is 0 Å². The van der Waals surface area contributed by atoms with Gasteiger partial charge in [0.05, 0.1) is 25.9 Å². The van der Waals surface area contributed by atoms with Gasteiger partial charge in [0.2, 0.25) is 0 Å². The van der Waals surface area contributed by atoms with Gasteiger partial charge in [-0.25, -0.2) is 0 Å². The van der Waals surface area contributed by atoms with E-state index >= 15 is 0 Å². The summed E-state index contributed by atoms with van der Waals surface area (Å²) < 4.78 is 4.90. The SMILES string of the molecule is CC(CO)OCC(O)C(O)CO. The Morgan fingerprint density at radius 2 is 1.67 bits per heavy atom. The van der Waals surface area contributed by atoms with Crippen molar-refractivity contribution in [3.8, 4) is 0 Å². The minimum atomic E-state index is -1.18. The summed E-state index contributed by atoms with van der Waals surface area (Å²) in [6, 6.07) is 0. The van der Waals surface area contributed by atoms with Crippen molar-refractivity contribution in [3.05, 3.63) is 0 Å². The zero-order valence-corrected chi connectivity index (χ0v) is 7.05. The van der Waals surface area contributed by atoms with Crippen molar-refractivity contribution in [2.45, 2.75) is 25.2 Å². The number of aliphatic hydroxyl groups excluding tert-OH is 4. The first-order valence-electron chi connectivity index (χ1n) is 3.81. The lowest BCUT2D eigenvalue weighted by molar-refractivity contribution is -0.0790. The number of hydrogen-bond acceptors (Lipinski definition) is 5. The number of aliphatic hydroxyl groups is 4. The van der Waals surface area contributed by atoms with E-state index in [0.29, 0.717) is 0 Å². The van der Waals surface area contributed by atoms with Crippen LogP contribution in [0.4, 0.5) is 0 Å². The van der Waals surface area contributed by atoms with E-state index in [4.69, 9.17) is 25.2 Å². The summed E-state index contributed by atoms with van der Waals surface area (Å²) in [7, 11) is 0. The largest absolute Gasteiger partial charge is 0.394 e. The highest BCUT2D eigenvalue weighted by Gasteiger charge is 2.15. The van der Waals surface area contributed by atoms with Crippen LogP contribution >= 0.6 is 0 Å². The molecule has 0 fully saturated rings. The van der Waals surface area contributed by atoms with Crippen LogP contribution in [-0.2, 0) is 4.74 Å². The molecule has 0 heterocycles. The minimum absolute atomic E-state index is 0.0938. The average Bonchev–Trinajstić information content (AvgIpc) is 2.11. The van der Waals surface area contributed by atoms with E-state index in [-0.39, 0.29) is 19.3 Å². The highest BCUT2D eigenvalue weighted by Crippen LogP contribution is 1.96. The molecule has 4 N–H and O–H groups in total. The second-order valence-electron chi connectivity index (χ2n) is 2.64. The third-order valence-corrected chi connectivity index (χ3v) is 1.44. The standard InChI is InChI=1S/C7H16O5/c1-5(2-8)12-4-7(11)6(10)3-9/h5-11H,2-4H2,1H3. The molecule has 0 spiro atoms. The van der Waals surface area contributed by atoms with Gasteiger partial charge in [-0.3, -0.25) is 0 Å². The van der Waals surface area contributed by atoms with Gasteiger partial charge in [-0.05, 0) is 6.92 Å². The van der Waals surface area contributed by atoms with E-state index < -0.39 is 18.8 Å². The van der Waals surface area contributed by atoms with Crippen molar-refractivity contribution < 1.29 is 25.2 Å². The Morgan fingerprint density at radius 3 is 2.08 bits per heavy atom. The topological polar surface area (TPSA) is 90.2 Å². The van der Waals surface area contributed by atoms with E-state index in [9.17, 15) is 0 Å². The molecule has 0 radical (unpaired) electrons. The quantitative estimate of drug-likeness (QED) is 0.383. The molecule has 0 aromatic rings. The van der Waals surface area contributed by atoms with Crippen molar-refractivity contribution in [2.75, 3.05) is 19.8 Å². The zero-order chi connectivity index (χ0) is 9.56. The molecule has 5 heteroatoms. The van der Waals surface area contributed by atoms with Gasteiger partial charge < -0.3 is 25.2 Å². The molecule has 5 nitrogen and oxygen atoms in total. The first kappa shape index (κ1) is 11.8. The molecule has 3 unspecified atom stereocenters. The summed E-state index contributed by atoms with van der Waals surface area (Å²) in [4.78, 5) is 0. The molecule has 3 atom stereocenters. The number of rotatable bonds is 6. The Balaban J connectivity index is 3.49. The van der Waals surface area contributed by atoms with Crippen molar-refractivity contribution >= 4 is 0 Å². The fourth-order valence-corrected chi connectivity index (χ4v) is 0.548. The van der Waals surface area contributed by atoms with Crippen LogP contribution in [0, 0.1) is 0 Å². The van der Waals surface area contributed by atoms with Crippen molar-refractivity contribution in [1.29, 1.82) is 0 Å². The fourth-order valence-electron chi connectivity index (χ4n) is 0.548. The molecular weight excluding hydrogens is 164 g/mol. The highest BCUT2D eigenvalue weighted by molar-refractivity contribution is 4.65. The summed E-state index contributed by atoms with van der Waals surface area (Å²) in [5, 5.41) is 34.9. The van der Waals surface area contributed by atoms with Gasteiger partial charge in [0, 0.05) is 0 Å². The van der Waals surface area contributed by atoms with E-state index in [1.54, 1.807) is 6.92 Å². The average molecular weight is 180 g/mol. The van der Waals surface area contributed by atoms with Crippen molar-refractivity contribution in [3.63, 3.8) is 0 Å². The Morgan fingerprint density at radius 1 is 1.08 bits per heavy atom.